The van der Waals surface area contributed by atoms with Gasteiger partial charge in [-0.1, -0.05) is 27.7 Å². The Morgan fingerprint density at radius 3 is 2.40 bits per heavy atom. The van der Waals surface area contributed by atoms with Crippen LogP contribution < -0.4 is 5.73 Å². The topological polar surface area (TPSA) is 41.7 Å². The van der Waals surface area contributed by atoms with Gasteiger partial charge in [-0.3, -0.25) is 9.80 Å². The van der Waals surface area contributed by atoms with Crippen LogP contribution in [0.2, 0.25) is 0 Å². The Kier molecular flexibility index (Phi) is 5.46. The Balaban J connectivity index is 1.98. The first kappa shape index (κ1) is 16.2. The van der Waals surface area contributed by atoms with Gasteiger partial charge in [0.1, 0.15) is 0 Å². The van der Waals surface area contributed by atoms with E-state index in [9.17, 15) is 0 Å². The molecule has 20 heavy (non-hydrogen) atoms. The van der Waals surface area contributed by atoms with Crippen LogP contribution in [-0.4, -0.2) is 67.3 Å². The number of hydrogen-bond acceptors (Lipinski definition) is 4. The molecule has 2 saturated heterocycles. The summed E-state index contributed by atoms with van der Waals surface area (Å²) in [6, 6.07) is 1.46. The Labute approximate surface area is 124 Å². The number of rotatable bonds is 4. The molecule has 0 spiro atoms. The molecule has 2 aliphatic heterocycles. The molecular weight excluding hydrogens is 250 g/mol. The summed E-state index contributed by atoms with van der Waals surface area (Å²) in [5, 5.41) is 0. The molecule has 2 rings (SSSR count). The van der Waals surface area contributed by atoms with E-state index in [1.165, 1.54) is 19.5 Å². The maximum Gasteiger partial charge on any atom is 0.0594 e. The highest BCUT2D eigenvalue weighted by molar-refractivity contribution is 4.96. The van der Waals surface area contributed by atoms with Gasteiger partial charge in [0.15, 0.2) is 0 Å². The molecule has 3 unspecified atom stereocenters. The van der Waals surface area contributed by atoms with Crippen molar-refractivity contribution in [3.63, 3.8) is 0 Å². The summed E-state index contributed by atoms with van der Waals surface area (Å²) in [5.41, 5.74) is 6.68. The fourth-order valence-electron chi connectivity index (χ4n) is 3.95. The van der Waals surface area contributed by atoms with Crippen molar-refractivity contribution < 1.29 is 4.74 Å². The molecular formula is C16H33N3O. The maximum atomic E-state index is 6.43. The van der Waals surface area contributed by atoms with E-state index < -0.39 is 0 Å². The zero-order valence-electron chi connectivity index (χ0n) is 13.8. The van der Waals surface area contributed by atoms with Gasteiger partial charge < -0.3 is 10.5 Å². The van der Waals surface area contributed by atoms with Crippen molar-refractivity contribution in [1.82, 2.24) is 9.80 Å². The summed E-state index contributed by atoms with van der Waals surface area (Å²) < 4.78 is 5.47. The Morgan fingerprint density at radius 2 is 1.85 bits per heavy atom. The van der Waals surface area contributed by atoms with Gasteiger partial charge in [-0.05, 0) is 18.3 Å². The molecule has 3 atom stereocenters. The predicted octanol–water partition coefficient (Wildman–Crippen LogP) is 1.54. The molecule has 2 fully saturated rings. The van der Waals surface area contributed by atoms with Crippen molar-refractivity contribution in [2.24, 2.45) is 11.1 Å². The molecule has 4 nitrogen and oxygen atoms in total. The summed E-state index contributed by atoms with van der Waals surface area (Å²) in [6.07, 6.45) is 2.34. The van der Waals surface area contributed by atoms with Gasteiger partial charge in [0, 0.05) is 44.3 Å². The largest absolute Gasteiger partial charge is 0.379 e. The molecule has 2 N–H and O–H groups in total. The third kappa shape index (κ3) is 3.73. The third-order valence-corrected chi connectivity index (χ3v) is 4.91. The first-order valence-electron chi connectivity index (χ1n) is 8.25. The lowest BCUT2D eigenvalue weighted by Crippen LogP contribution is -2.54. The van der Waals surface area contributed by atoms with Crippen LogP contribution in [0.5, 0.6) is 0 Å². The number of likely N-dealkylation sites (tertiary alicyclic amines) is 1. The van der Waals surface area contributed by atoms with E-state index in [1.807, 2.05) is 0 Å². The van der Waals surface area contributed by atoms with Crippen LogP contribution >= 0.6 is 0 Å². The highest BCUT2D eigenvalue weighted by Crippen LogP contribution is 2.31. The van der Waals surface area contributed by atoms with E-state index in [0.717, 1.165) is 32.7 Å². The standard InChI is InChI=1S/C16H33N3O/c1-5-14(17)15(16(2,3)4)19-7-6-13(12-19)18-8-10-20-11-9-18/h13-15H,5-12,17H2,1-4H3. The second-order valence-electron chi connectivity index (χ2n) is 7.47. The molecule has 0 aromatic rings. The van der Waals surface area contributed by atoms with Crippen molar-refractivity contribution in [2.45, 2.75) is 58.7 Å². The van der Waals surface area contributed by atoms with Crippen molar-refractivity contribution in [3.8, 4) is 0 Å². The smallest absolute Gasteiger partial charge is 0.0594 e. The molecule has 4 heteroatoms. The van der Waals surface area contributed by atoms with E-state index in [2.05, 4.69) is 37.5 Å². The van der Waals surface area contributed by atoms with Gasteiger partial charge in [0.25, 0.3) is 0 Å². The SMILES string of the molecule is CCC(N)C(N1CCC(N2CCOCC2)C1)C(C)(C)C. The van der Waals surface area contributed by atoms with Gasteiger partial charge >= 0.3 is 0 Å². The second kappa shape index (κ2) is 6.73. The Hall–Kier alpha value is -0.160. The van der Waals surface area contributed by atoms with Crippen molar-refractivity contribution in [2.75, 3.05) is 39.4 Å². The van der Waals surface area contributed by atoms with Crippen LogP contribution in [0.15, 0.2) is 0 Å². The van der Waals surface area contributed by atoms with E-state index in [-0.39, 0.29) is 11.5 Å². The minimum atomic E-state index is 0.245. The molecule has 0 aliphatic carbocycles. The molecule has 2 aliphatic rings. The lowest BCUT2D eigenvalue weighted by molar-refractivity contribution is 0.0144. The molecule has 2 heterocycles. The fourth-order valence-corrected chi connectivity index (χ4v) is 3.95. The molecule has 0 aromatic heterocycles. The van der Waals surface area contributed by atoms with E-state index in [1.54, 1.807) is 0 Å². The lowest BCUT2D eigenvalue weighted by Gasteiger charge is -2.42. The van der Waals surface area contributed by atoms with Crippen LogP contribution in [0.25, 0.3) is 0 Å². The number of ether oxygens (including phenoxy) is 1. The number of hydrogen-bond donors (Lipinski definition) is 1. The molecule has 0 radical (unpaired) electrons. The molecule has 0 saturated carbocycles. The predicted molar refractivity (Wildman–Crippen MR) is 83.9 cm³/mol. The van der Waals surface area contributed by atoms with Crippen LogP contribution in [0, 0.1) is 5.41 Å². The number of morpholine rings is 1. The molecule has 0 bridgehead atoms. The quantitative estimate of drug-likeness (QED) is 0.850. The van der Waals surface area contributed by atoms with Gasteiger partial charge in [-0.25, -0.2) is 0 Å². The van der Waals surface area contributed by atoms with Crippen LogP contribution in [0.3, 0.4) is 0 Å². The van der Waals surface area contributed by atoms with Crippen LogP contribution in [0.4, 0.5) is 0 Å². The average Bonchev–Trinajstić information content (AvgIpc) is 2.87. The lowest BCUT2D eigenvalue weighted by atomic mass is 9.80. The zero-order valence-corrected chi connectivity index (χ0v) is 13.8. The zero-order chi connectivity index (χ0) is 14.8. The normalized spacial score (nSPS) is 29.6. The van der Waals surface area contributed by atoms with Gasteiger partial charge in [-0.15, -0.1) is 0 Å². The highest BCUT2D eigenvalue weighted by Gasteiger charge is 2.39. The third-order valence-electron chi connectivity index (χ3n) is 4.91. The van der Waals surface area contributed by atoms with Crippen LogP contribution in [0.1, 0.15) is 40.5 Å². The summed E-state index contributed by atoms with van der Waals surface area (Å²) in [6.45, 7) is 15.5. The summed E-state index contributed by atoms with van der Waals surface area (Å²) in [4.78, 5) is 5.26. The Bertz CT molecular complexity index is 297. The Morgan fingerprint density at radius 1 is 1.20 bits per heavy atom. The second-order valence-corrected chi connectivity index (χ2v) is 7.47. The van der Waals surface area contributed by atoms with E-state index in [4.69, 9.17) is 10.5 Å². The summed E-state index contributed by atoms with van der Waals surface area (Å²) in [7, 11) is 0. The van der Waals surface area contributed by atoms with E-state index >= 15 is 0 Å². The summed E-state index contributed by atoms with van der Waals surface area (Å²) in [5.74, 6) is 0. The maximum absolute atomic E-state index is 6.43. The summed E-state index contributed by atoms with van der Waals surface area (Å²) >= 11 is 0. The van der Waals surface area contributed by atoms with E-state index in [0.29, 0.717) is 12.1 Å². The minimum Gasteiger partial charge on any atom is -0.379 e. The average molecular weight is 283 g/mol. The number of nitrogens with two attached hydrogens (primary N) is 1. The molecule has 0 amide bonds. The van der Waals surface area contributed by atoms with Crippen molar-refractivity contribution in [3.05, 3.63) is 0 Å². The van der Waals surface area contributed by atoms with Crippen molar-refractivity contribution in [1.29, 1.82) is 0 Å². The van der Waals surface area contributed by atoms with Gasteiger partial charge in [-0.2, -0.15) is 0 Å². The minimum absolute atomic E-state index is 0.245. The monoisotopic (exact) mass is 283 g/mol. The highest BCUT2D eigenvalue weighted by atomic mass is 16.5. The number of nitrogens with zero attached hydrogens (tertiary/aromatic N) is 2. The first-order valence-corrected chi connectivity index (χ1v) is 8.25. The van der Waals surface area contributed by atoms with Crippen LogP contribution in [-0.2, 0) is 4.74 Å². The van der Waals surface area contributed by atoms with Gasteiger partial charge in [0.05, 0.1) is 13.2 Å². The fraction of sp³-hybridized carbons (Fsp3) is 1.00. The molecule has 118 valence electrons. The first-order chi connectivity index (χ1) is 9.43. The van der Waals surface area contributed by atoms with Gasteiger partial charge in [0.2, 0.25) is 0 Å². The molecule has 0 aromatic carbocycles. The van der Waals surface area contributed by atoms with Crippen molar-refractivity contribution >= 4 is 0 Å².